The summed E-state index contributed by atoms with van der Waals surface area (Å²) in [6, 6.07) is 4.87. The van der Waals surface area contributed by atoms with Crippen molar-refractivity contribution in [2.75, 3.05) is 6.61 Å². The van der Waals surface area contributed by atoms with Crippen molar-refractivity contribution in [3.05, 3.63) is 29.8 Å². The summed E-state index contributed by atoms with van der Waals surface area (Å²) in [5.41, 5.74) is 0.899. The average molecular weight is 401 g/mol. The van der Waals surface area contributed by atoms with Crippen LogP contribution >= 0.6 is 0 Å². The maximum atomic E-state index is 12.7. The molecule has 0 bridgehead atoms. The van der Waals surface area contributed by atoms with Gasteiger partial charge >= 0.3 is 5.97 Å². The van der Waals surface area contributed by atoms with Crippen LogP contribution in [0.2, 0.25) is 0 Å². The number of hydrogen-bond donors (Lipinski definition) is 1. The zero-order chi connectivity index (χ0) is 19.3. The Morgan fingerprint density at radius 3 is 2.54 bits per heavy atom. The zero-order valence-electron chi connectivity index (χ0n) is 14.2. The highest BCUT2D eigenvalue weighted by Gasteiger charge is 2.64. The number of amides is 1. The van der Waals surface area contributed by atoms with Crippen LogP contribution < -0.4 is 0 Å². The topological polar surface area (TPSA) is 118 Å². The third-order valence-electron chi connectivity index (χ3n) is 4.89. The Morgan fingerprint density at radius 1 is 1.38 bits per heavy atom. The van der Waals surface area contributed by atoms with Crippen LogP contribution in [0.3, 0.4) is 0 Å². The molecule has 1 amide bonds. The van der Waals surface area contributed by atoms with Gasteiger partial charge in [-0.15, -0.1) is 0 Å². The molecule has 0 radical (unpaired) electrons. The summed E-state index contributed by atoms with van der Waals surface area (Å²) in [7, 11) is -5.61. The van der Waals surface area contributed by atoms with E-state index in [9.17, 15) is 27.3 Å². The number of carboxylic acids is 1. The van der Waals surface area contributed by atoms with E-state index >= 15 is 0 Å². The molecule has 2 aliphatic rings. The smallest absolute Gasteiger partial charge is 0.328 e. The van der Waals surface area contributed by atoms with Crippen molar-refractivity contribution >= 4 is 32.8 Å². The van der Waals surface area contributed by atoms with E-state index in [-0.39, 0.29) is 30.3 Å². The standard InChI is InChI=1S/C16H19NO7S2/c1-10-3-5-11(6-4-10)26(22,23)24-8-7-16(2)14(15(19)20)17-12(18)9-13(17)25(16)21/h3-6,13-14H,7-9H2,1-2H3,(H,19,20)/t13-,14+,16?,25?/m1/s1. The number of fused-ring (bicyclic) bond motifs is 1. The van der Waals surface area contributed by atoms with Crippen LogP contribution in [-0.4, -0.2) is 57.3 Å². The van der Waals surface area contributed by atoms with E-state index < -0.39 is 43.0 Å². The van der Waals surface area contributed by atoms with Gasteiger partial charge in [0, 0.05) is 0 Å². The summed E-state index contributed by atoms with van der Waals surface area (Å²) in [6.45, 7) is 3.00. The van der Waals surface area contributed by atoms with Gasteiger partial charge < -0.3 is 10.0 Å². The molecule has 2 unspecified atom stereocenters. The van der Waals surface area contributed by atoms with Crippen molar-refractivity contribution < 1.29 is 31.5 Å². The molecule has 3 rings (SSSR count). The minimum atomic E-state index is -4.00. The highest BCUT2D eigenvalue weighted by Crippen LogP contribution is 2.45. The number of aliphatic carboxylic acids is 1. The second-order valence-electron chi connectivity index (χ2n) is 6.65. The van der Waals surface area contributed by atoms with Gasteiger partial charge in [-0.3, -0.25) is 13.2 Å². The Morgan fingerprint density at radius 2 is 2.00 bits per heavy atom. The first-order valence-corrected chi connectivity index (χ1v) is 10.6. The van der Waals surface area contributed by atoms with Crippen molar-refractivity contribution in [2.24, 2.45) is 0 Å². The van der Waals surface area contributed by atoms with Crippen LogP contribution in [0, 0.1) is 6.92 Å². The van der Waals surface area contributed by atoms with E-state index in [1.165, 1.54) is 19.1 Å². The molecule has 1 aromatic rings. The lowest BCUT2D eigenvalue weighted by molar-refractivity contribution is -0.157. The molecule has 2 saturated heterocycles. The lowest BCUT2D eigenvalue weighted by Crippen LogP contribution is -2.57. The maximum absolute atomic E-state index is 12.7. The first kappa shape index (κ1) is 19.0. The number of aryl methyl sites for hydroxylation is 1. The molecule has 2 heterocycles. The van der Waals surface area contributed by atoms with E-state index in [0.717, 1.165) is 10.5 Å². The predicted molar refractivity (Wildman–Crippen MR) is 92.2 cm³/mol. The van der Waals surface area contributed by atoms with Gasteiger partial charge in [-0.1, -0.05) is 17.7 Å². The molecule has 1 aromatic carbocycles. The summed E-state index contributed by atoms with van der Waals surface area (Å²) >= 11 is 0. The number of carbonyl (C=O) groups excluding carboxylic acids is 1. The summed E-state index contributed by atoms with van der Waals surface area (Å²) in [6.07, 6.45) is -0.0174. The SMILES string of the molecule is Cc1ccc(S(=O)(=O)OCCC2(C)[C@H](C(=O)O)N3C(=O)C[C@H]3S2=O)cc1. The quantitative estimate of drug-likeness (QED) is 0.548. The van der Waals surface area contributed by atoms with E-state index in [0.29, 0.717) is 0 Å². The number of carbonyl (C=O) groups is 2. The van der Waals surface area contributed by atoms with Crippen LogP contribution in [0.4, 0.5) is 0 Å². The van der Waals surface area contributed by atoms with Crippen molar-refractivity contribution in [3.63, 3.8) is 0 Å². The van der Waals surface area contributed by atoms with Crippen LogP contribution in [-0.2, 0) is 34.7 Å². The highest BCUT2D eigenvalue weighted by atomic mass is 32.2. The molecule has 4 atom stereocenters. The molecule has 26 heavy (non-hydrogen) atoms. The van der Waals surface area contributed by atoms with Crippen LogP contribution in [0.25, 0.3) is 0 Å². The molecule has 8 nitrogen and oxygen atoms in total. The van der Waals surface area contributed by atoms with Gasteiger partial charge in [-0.2, -0.15) is 8.42 Å². The normalized spacial score (nSPS) is 30.8. The molecule has 0 saturated carbocycles. The fourth-order valence-electron chi connectivity index (χ4n) is 3.35. The Hall–Kier alpha value is -1.78. The summed E-state index contributed by atoms with van der Waals surface area (Å²) in [5.74, 6) is -1.61. The summed E-state index contributed by atoms with van der Waals surface area (Å²) < 4.78 is 40.9. The highest BCUT2D eigenvalue weighted by molar-refractivity contribution is 7.87. The molecule has 10 heteroatoms. The predicted octanol–water partition coefficient (Wildman–Crippen LogP) is 0.623. The Kier molecular flexibility index (Phi) is 4.70. The summed E-state index contributed by atoms with van der Waals surface area (Å²) in [5, 5.41) is 8.86. The number of β-lactam (4-membered cyclic amide) rings is 1. The molecular formula is C16H19NO7S2. The average Bonchev–Trinajstić information content (AvgIpc) is 2.73. The Bertz CT molecular complexity index is 880. The van der Waals surface area contributed by atoms with Crippen molar-refractivity contribution in [2.45, 2.75) is 47.7 Å². The molecule has 0 aliphatic carbocycles. The monoisotopic (exact) mass is 401 g/mol. The minimum absolute atomic E-state index is 0.00502. The first-order chi connectivity index (χ1) is 12.1. The van der Waals surface area contributed by atoms with Gasteiger partial charge in [-0.25, -0.2) is 4.79 Å². The number of carboxylic acid groups (broad SMARTS) is 1. The second kappa shape index (κ2) is 6.43. The van der Waals surface area contributed by atoms with Crippen molar-refractivity contribution in [3.8, 4) is 0 Å². The van der Waals surface area contributed by atoms with Crippen LogP contribution in [0.1, 0.15) is 25.3 Å². The third-order valence-corrected chi connectivity index (χ3v) is 8.45. The maximum Gasteiger partial charge on any atom is 0.328 e. The molecule has 1 N–H and O–H groups in total. The van der Waals surface area contributed by atoms with Gasteiger partial charge in [0.25, 0.3) is 10.1 Å². The molecule has 0 spiro atoms. The van der Waals surface area contributed by atoms with Gasteiger partial charge in [0.2, 0.25) is 5.91 Å². The Balaban J connectivity index is 1.74. The molecule has 142 valence electrons. The Labute approximate surface area is 153 Å². The van der Waals surface area contributed by atoms with E-state index in [4.69, 9.17) is 4.18 Å². The number of hydrogen-bond acceptors (Lipinski definition) is 6. The minimum Gasteiger partial charge on any atom is -0.480 e. The fourth-order valence-corrected chi connectivity index (χ4v) is 6.34. The van der Waals surface area contributed by atoms with Gasteiger partial charge in [0.1, 0.15) is 11.4 Å². The fraction of sp³-hybridized carbons (Fsp3) is 0.500. The molecule has 2 fully saturated rings. The van der Waals surface area contributed by atoms with Gasteiger partial charge in [0.05, 0.1) is 33.5 Å². The van der Waals surface area contributed by atoms with Crippen LogP contribution in [0.15, 0.2) is 29.2 Å². The van der Waals surface area contributed by atoms with Crippen molar-refractivity contribution in [1.29, 1.82) is 0 Å². The summed E-state index contributed by atoms with van der Waals surface area (Å²) in [4.78, 5) is 24.5. The third kappa shape index (κ3) is 2.95. The van der Waals surface area contributed by atoms with Gasteiger partial charge in [-0.05, 0) is 32.4 Å². The lowest BCUT2D eigenvalue weighted by atomic mass is 9.94. The number of benzene rings is 1. The molecule has 0 aromatic heterocycles. The largest absolute Gasteiger partial charge is 0.480 e. The van der Waals surface area contributed by atoms with Crippen molar-refractivity contribution in [1.82, 2.24) is 4.90 Å². The van der Waals surface area contributed by atoms with Gasteiger partial charge in [0.15, 0.2) is 0 Å². The zero-order valence-corrected chi connectivity index (χ0v) is 15.9. The number of nitrogens with zero attached hydrogens (tertiary/aromatic N) is 1. The van der Waals surface area contributed by atoms with E-state index in [1.807, 2.05) is 6.92 Å². The van der Waals surface area contributed by atoms with Crippen LogP contribution in [0.5, 0.6) is 0 Å². The lowest BCUT2D eigenvalue weighted by Gasteiger charge is -2.36. The van der Waals surface area contributed by atoms with E-state index in [1.54, 1.807) is 12.1 Å². The first-order valence-electron chi connectivity index (χ1n) is 7.99. The molecule has 2 aliphatic heterocycles. The molecular weight excluding hydrogens is 382 g/mol. The second-order valence-corrected chi connectivity index (χ2v) is 10.3. The number of rotatable bonds is 6. The van der Waals surface area contributed by atoms with E-state index in [2.05, 4.69) is 0 Å².